The lowest BCUT2D eigenvalue weighted by Crippen LogP contribution is -2.37. The number of allylic oxidation sites excluding steroid dienone is 2. The van der Waals surface area contributed by atoms with Crippen LogP contribution in [0.3, 0.4) is 0 Å². The van der Waals surface area contributed by atoms with Crippen LogP contribution in [0.2, 0.25) is 0 Å². The number of esters is 1. The van der Waals surface area contributed by atoms with Crippen LogP contribution >= 0.6 is 0 Å². The van der Waals surface area contributed by atoms with Crippen molar-refractivity contribution >= 4 is 5.97 Å². The van der Waals surface area contributed by atoms with Crippen LogP contribution in [0.25, 0.3) is 0 Å². The van der Waals surface area contributed by atoms with Crippen molar-refractivity contribution in [3.63, 3.8) is 0 Å². The molecule has 0 spiro atoms. The minimum absolute atomic E-state index is 0.194. The molecule has 0 amide bonds. The Balaban J connectivity index is 2.35. The van der Waals surface area contributed by atoms with E-state index in [1.54, 1.807) is 0 Å². The van der Waals surface area contributed by atoms with E-state index in [2.05, 4.69) is 19.9 Å². The first-order valence-corrected chi connectivity index (χ1v) is 7.80. The van der Waals surface area contributed by atoms with E-state index in [4.69, 9.17) is 4.74 Å². The zero-order valence-corrected chi connectivity index (χ0v) is 13.4. The van der Waals surface area contributed by atoms with Crippen molar-refractivity contribution in [3.05, 3.63) is 11.6 Å². The largest absolute Gasteiger partial charge is 0.466 e. The van der Waals surface area contributed by atoms with Crippen molar-refractivity contribution in [3.8, 4) is 0 Å². The molecule has 1 aliphatic carbocycles. The maximum absolute atomic E-state index is 10.8. The van der Waals surface area contributed by atoms with Crippen LogP contribution in [0.15, 0.2) is 11.6 Å². The molecular formula is C17H30O3. The van der Waals surface area contributed by atoms with E-state index >= 15 is 0 Å². The van der Waals surface area contributed by atoms with Crippen LogP contribution < -0.4 is 0 Å². The number of rotatable bonds is 6. The predicted molar refractivity (Wildman–Crippen MR) is 81.4 cm³/mol. The lowest BCUT2D eigenvalue weighted by atomic mass is 9.73. The molecule has 1 aliphatic rings. The Bertz CT molecular complexity index is 332. The minimum atomic E-state index is -0.571. The normalized spacial score (nSPS) is 25.6. The van der Waals surface area contributed by atoms with Crippen LogP contribution in [0.1, 0.15) is 66.2 Å². The summed E-state index contributed by atoms with van der Waals surface area (Å²) in [6.45, 7) is 8.16. The SMILES string of the molecule is CC(=O)OCC1CCC(C(C)(O)CCC=C(C)C)CC1. The highest BCUT2D eigenvalue weighted by Gasteiger charge is 2.34. The number of ether oxygens (including phenoxy) is 1. The molecule has 1 unspecified atom stereocenters. The zero-order chi connectivity index (χ0) is 15.2. The predicted octanol–water partition coefficient (Wildman–Crippen LogP) is 3.85. The van der Waals surface area contributed by atoms with E-state index in [0.717, 1.165) is 38.5 Å². The molecule has 0 aromatic heterocycles. The third-order valence-electron chi connectivity index (χ3n) is 4.45. The first-order valence-electron chi connectivity index (χ1n) is 7.80. The van der Waals surface area contributed by atoms with Crippen molar-refractivity contribution in [1.82, 2.24) is 0 Å². The third-order valence-corrected chi connectivity index (χ3v) is 4.45. The summed E-state index contributed by atoms with van der Waals surface area (Å²) in [5.41, 5.74) is 0.740. The number of carbonyl (C=O) groups is 1. The molecular weight excluding hydrogens is 252 g/mol. The van der Waals surface area contributed by atoms with Crippen molar-refractivity contribution in [1.29, 1.82) is 0 Å². The van der Waals surface area contributed by atoms with Gasteiger partial charge in [-0.2, -0.15) is 0 Å². The van der Waals surface area contributed by atoms with E-state index in [1.165, 1.54) is 12.5 Å². The molecule has 20 heavy (non-hydrogen) atoms. The number of aliphatic hydroxyl groups is 1. The molecule has 0 heterocycles. The summed E-state index contributed by atoms with van der Waals surface area (Å²) in [7, 11) is 0. The van der Waals surface area contributed by atoms with Crippen LogP contribution in [-0.2, 0) is 9.53 Å². The van der Waals surface area contributed by atoms with Gasteiger partial charge in [0.2, 0.25) is 0 Å². The molecule has 116 valence electrons. The fourth-order valence-electron chi connectivity index (χ4n) is 3.04. The molecule has 3 heteroatoms. The summed E-state index contributed by atoms with van der Waals surface area (Å²) >= 11 is 0. The number of hydrogen-bond donors (Lipinski definition) is 1. The molecule has 1 fully saturated rings. The molecule has 1 rings (SSSR count). The van der Waals surface area contributed by atoms with Crippen molar-refractivity contribution in [2.75, 3.05) is 6.61 Å². The van der Waals surface area contributed by atoms with Gasteiger partial charge in [0.1, 0.15) is 0 Å². The monoisotopic (exact) mass is 282 g/mol. The van der Waals surface area contributed by atoms with Crippen LogP contribution in [-0.4, -0.2) is 23.3 Å². The molecule has 0 radical (unpaired) electrons. The Morgan fingerprint density at radius 2 is 1.85 bits per heavy atom. The van der Waals surface area contributed by atoms with E-state index < -0.39 is 5.60 Å². The van der Waals surface area contributed by atoms with Gasteiger partial charge in [-0.25, -0.2) is 0 Å². The molecule has 0 bridgehead atoms. The second kappa shape index (κ2) is 7.82. The van der Waals surface area contributed by atoms with E-state index in [-0.39, 0.29) is 5.97 Å². The molecule has 0 saturated heterocycles. The summed E-state index contributed by atoms with van der Waals surface area (Å²) in [5.74, 6) is 0.659. The van der Waals surface area contributed by atoms with Gasteiger partial charge >= 0.3 is 5.97 Å². The standard InChI is InChI=1S/C17H30O3/c1-13(2)6-5-11-17(4,19)16-9-7-15(8-10-16)12-20-14(3)18/h6,15-16,19H,5,7-12H2,1-4H3. The minimum Gasteiger partial charge on any atom is -0.466 e. The fourth-order valence-corrected chi connectivity index (χ4v) is 3.04. The smallest absolute Gasteiger partial charge is 0.302 e. The second-order valence-electron chi connectivity index (χ2n) is 6.70. The summed E-state index contributed by atoms with van der Waals surface area (Å²) in [5, 5.41) is 10.6. The van der Waals surface area contributed by atoms with Gasteiger partial charge in [0.05, 0.1) is 12.2 Å². The topological polar surface area (TPSA) is 46.5 Å². The highest BCUT2D eigenvalue weighted by atomic mass is 16.5. The summed E-state index contributed by atoms with van der Waals surface area (Å²) in [6, 6.07) is 0. The Kier molecular flexibility index (Phi) is 6.74. The maximum Gasteiger partial charge on any atom is 0.302 e. The van der Waals surface area contributed by atoms with Crippen LogP contribution in [0.5, 0.6) is 0 Å². The fraction of sp³-hybridized carbons (Fsp3) is 0.824. The Morgan fingerprint density at radius 1 is 1.25 bits per heavy atom. The Labute approximate surface area is 123 Å². The molecule has 1 saturated carbocycles. The van der Waals surface area contributed by atoms with Crippen molar-refractivity contribution in [2.45, 2.75) is 71.8 Å². The van der Waals surface area contributed by atoms with Gasteiger partial charge in [-0.05, 0) is 71.1 Å². The van der Waals surface area contributed by atoms with Crippen LogP contribution in [0, 0.1) is 11.8 Å². The van der Waals surface area contributed by atoms with E-state index in [9.17, 15) is 9.90 Å². The Hall–Kier alpha value is -0.830. The molecule has 1 N–H and O–H groups in total. The van der Waals surface area contributed by atoms with Gasteiger partial charge in [-0.3, -0.25) is 4.79 Å². The highest BCUT2D eigenvalue weighted by Crippen LogP contribution is 2.37. The molecule has 3 nitrogen and oxygen atoms in total. The van der Waals surface area contributed by atoms with E-state index in [0.29, 0.717) is 18.4 Å². The lowest BCUT2D eigenvalue weighted by molar-refractivity contribution is -0.143. The van der Waals surface area contributed by atoms with Gasteiger partial charge in [-0.15, -0.1) is 0 Å². The third kappa shape index (κ3) is 6.08. The average Bonchev–Trinajstić information content (AvgIpc) is 2.36. The van der Waals surface area contributed by atoms with Gasteiger partial charge < -0.3 is 9.84 Å². The number of hydrogen-bond acceptors (Lipinski definition) is 3. The van der Waals surface area contributed by atoms with Gasteiger partial charge in [0.15, 0.2) is 0 Å². The quantitative estimate of drug-likeness (QED) is 0.594. The second-order valence-corrected chi connectivity index (χ2v) is 6.70. The average molecular weight is 282 g/mol. The molecule has 0 aromatic rings. The molecule has 0 aromatic carbocycles. The number of carbonyl (C=O) groups excluding carboxylic acids is 1. The van der Waals surface area contributed by atoms with Gasteiger partial charge in [0, 0.05) is 6.92 Å². The summed E-state index contributed by atoms with van der Waals surface area (Å²) < 4.78 is 5.08. The molecule has 1 atom stereocenters. The Morgan fingerprint density at radius 3 is 2.35 bits per heavy atom. The van der Waals surface area contributed by atoms with E-state index in [1.807, 2.05) is 6.92 Å². The summed E-state index contributed by atoms with van der Waals surface area (Å²) in [6.07, 6.45) is 8.15. The lowest BCUT2D eigenvalue weighted by Gasteiger charge is -2.38. The highest BCUT2D eigenvalue weighted by molar-refractivity contribution is 5.65. The zero-order valence-electron chi connectivity index (χ0n) is 13.4. The van der Waals surface area contributed by atoms with Crippen molar-refractivity contribution in [2.24, 2.45) is 11.8 Å². The van der Waals surface area contributed by atoms with Crippen LogP contribution in [0.4, 0.5) is 0 Å². The van der Waals surface area contributed by atoms with Gasteiger partial charge in [0.25, 0.3) is 0 Å². The first-order chi connectivity index (χ1) is 9.31. The summed E-state index contributed by atoms with van der Waals surface area (Å²) in [4.78, 5) is 10.8. The molecule has 0 aliphatic heterocycles. The maximum atomic E-state index is 10.8. The first kappa shape index (κ1) is 17.2. The van der Waals surface area contributed by atoms with Gasteiger partial charge in [-0.1, -0.05) is 11.6 Å². The van der Waals surface area contributed by atoms with Crippen molar-refractivity contribution < 1.29 is 14.6 Å².